The molecule has 0 aliphatic heterocycles. The molecule has 0 aliphatic rings. The predicted octanol–water partition coefficient (Wildman–Crippen LogP) is 0.860. The zero-order valence-corrected chi connectivity index (χ0v) is 12.0. The standard InChI is InChI=1S/C12H16N6O3/c1-4-13-12(19)10-5-6-16(15-10)7-17-9(3)11(18(20)21)8(2)14-17/h5-6H,4,7H2,1-3H3,(H,13,19). The summed E-state index contributed by atoms with van der Waals surface area (Å²) < 4.78 is 3.00. The third-order valence-electron chi connectivity index (χ3n) is 3.02. The van der Waals surface area contributed by atoms with Crippen molar-refractivity contribution in [3.8, 4) is 0 Å². The van der Waals surface area contributed by atoms with E-state index in [9.17, 15) is 14.9 Å². The van der Waals surface area contributed by atoms with E-state index in [1.165, 1.54) is 9.36 Å². The number of nitro groups is 1. The fourth-order valence-corrected chi connectivity index (χ4v) is 2.04. The number of hydrogen-bond donors (Lipinski definition) is 1. The molecule has 2 heterocycles. The molecule has 9 nitrogen and oxygen atoms in total. The molecule has 0 saturated heterocycles. The molecule has 0 saturated carbocycles. The molecule has 0 bridgehead atoms. The summed E-state index contributed by atoms with van der Waals surface area (Å²) in [6, 6.07) is 1.59. The van der Waals surface area contributed by atoms with E-state index in [0.717, 1.165) is 0 Å². The van der Waals surface area contributed by atoms with Crippen molar-refractivity contribution in [1.82, 2.24) is 24.9 Å². The first-order chi connectivity index (χ1) is 9.93. The topological polar surface area (TPSA) is 108 Å². The van der Waals surface area contributed by atoms with Crippen molar-refractivity contribution in [3.63, 3.8) is 0 Å². The van der Waals surface area contributed by atoms with Gasteiger partial charge in [-0.3, -0.25) is 19.6 Å². The first kappa shape index (κ1) is 14.7. The predicted molar refractivity (Wildman–Crippen MR) is 74.0 cm³/mol. The van der Waals surface area contributed by atoms with E-state index < -0.39 is 4.92 Å². The number of carbonyl (C=O) groups is 1. The minimum atomic E-state index is -0.447. The lowest BCUT2D eigenvalue weighted by Crippen LogP contribution is -2.23. The fraction of sp³-hybridized carbons (Fsp3) is 0.417. The Labute approximate surface area is 120 Å². The van der Waals surface area contributed by atoms with E-state index in [0.29, 0.717) is 23.6 Å². The minimum absolute atomic E-state index is 0.00565. The Balaban J connectivity index is 2.21. The molecule has 0 unspecified atom stereocenters. The Morgan fingerprint density at radius 3 is 2.71 bits per heavy atom. The molecular weight excluding hydrogens is 276 g/mol. The van der Waals surface area contributed by atoms with E-state index in [-0.39, 0.29) is 18.3 Å². The molecule has 0 atom stereocenters. The van der Waals surface area contributed by atoms with Crippen molar-refractivity contribution in [2.45, 2.75) is 27.4 Å². The smallest absolute Gasteiger partial charge is 0.312 e. The number of nitrogens with one attached hydrogen (secondary N) is 1. The molecule has 9 heteroatoms. The average Bonchev–Trinajstić information content (AvgIpc) is 2.96. The van der Waals surface area contributed by atoms with E-state index in [1.807, 2.05) is 6.92 Å². The number of hydrogen-bond acceptors (Lipinski definition) is 5. The quantitative estimate of drug-likeness (QED) is 0.649. The Morgan fingerprint density at radius 2 is 2.14 bits per heavy atom. The summed E-state index contributed by atoms with van der Waals surface area (Å²) in [6.45, 7) is 5.77. The van der Waals surface area contributed by atoms with Gasteiger partial charge in [0.05, 0.1) is 4.92 Å². The van der Waals surface area contributed by atoms with Crippen molar-refractivity contribution in [2.24, 2.45) is 0 Å². The number of amides is 1. The maximum atomic E-state index is 11.6. The van der Waals surface area contributed by atoms with Crippen LogP contribution >= 0.6 is 0 Å². The largest absolute Gasteiger partial charge is 0.351 e. The highest BCUT2D eigenvalue weighted by atomic mass is 16.6. The van der Waals surface area contributed by atoms with Crippen LogP contribution < -0.4 is 5.32 Å². The lowest BCUT2D eigenvalue weighted by molar-refractivity contribution is -0.386. The molecule has 21 heavy (non-hydrogen) atoms. The summed E-state index contributed by atoms with van der Waals surface area (Å²) in [5.41, 5.74) is 1.11. The SMILES string of the molecule is CCNC(=O)c1ccn(Cn2nc(C)c([N+](=O)[O-])c2C)n1. The Kier molecular flexibility index (Phi) is 4.01. The number of aromatic nitrogens is 4. The van der Waals surface area contributed by atoms with Crippen LogP contribution in [0.15, 0.2) is 12.3 Å². The highest BCUT2D eigenvalue weighted by Crippen LogP contribution is 2.21. The second kappa shape index (κ2) is 5.73. The maximum Gasteiger partial charge on any atom is 0.312 e. The van der Waals surface area contributed by atoms with Crippen LogP contribution in [0, 0.1) is 24.0 Å². The van der Waals surface area contributed by atoms with Gasteiger partial charge in [0.2, 0.25) is 0 Å². The van der Waals surface area contributed by atoms with E-state index in [2.05, 4.69) is 15.5 Å². The van der Waals surface area contributed by atoms with E-state index in [4.69, 9.17) is 0 Å². The van der Waals surface area contributed by atoms with Gasteiger partial charge in [0.15, 0.2) is 0 Å². The summed E-state index contributed by atoms with van der Waals surface area (Å²) >= 11 is 0. The van der Waals surface area contributed by atoms with Crippen LogP contribution in [0.3, 0.4) is 0 Å². The second-order valence-electron chi connectivity index (χ2n) is 4.52. The van der Waals surface area contributed by atoms with Gasteiger partial charge < -0.3 is 5.32 Å². The molecule has 2 rings (SSSR count). The lowest BCUT2D eigenvalue weighted by atomic mass is 10.3. The van der Waals surface area contributed by atoms with Crippen LogP contribution in [0.2, 0.25) is 0 Å². The summed E-state index contributed by atoms with van der Waals surface area (Å²) in [5, 5.41) is 21.9. The monoisotopic (exact) mass is 292 g/mol. The third kappa shape index (κ3) is 2.91. The van der Waals surface area contributed by atoms with Crippen molar-refractivity contribution in [1.29, 1.82) is 0 Å². The van der Waals surface area contributed by atoms with Crippen molar-refractivity contribution < 1.29 is 9.72 Å². The van der Waals surface area contributed by atoms with Gasteiger partial charge in [0, 0.05) is 12.7 Å². The van der Waals surface area contributed by atoms with Gasteiger partial charge in [0.1, 0.15) is 23.8 Å². The van der Waals surface area contributed by atoms with Crippen LogP contribution in [0.25, 0.3) is 0 Å². The lowest BCUT2D eigenvalue weighted by Gasteiger charge is -2.03. The fourth-order valence-electron chi connectivity index (χ4n) is 2.04. The maximum absolute atomic E-state index is 11.6. The van der Waals surface area contributed by atoms with Crippen molar-refractivity contribution in [2.75, 3.05) is 6.54 Å². The summed E-state index contributed by atoms with van der Waals surface area (Å²) in [5.74, 6) is -0.254. The molecule has 2 aromatic rings. The van der Waals surface area contributed by atoms with Gasteiger partial charge in [0.25, 0.3) is 5.91 Å². The van der Waals surface area contributed by atoms with E-state index >= 15 is 0 Å². The molecule has 0 radical (unpaired) electrons. The molecule has 2 aromatic heterocycles. The first-order valence-electron chi connectivity index (χ1n) is 6.44. The Morgan fingerprint density at radius 1 is 1.43 bits per heavy atom. The Bertz CT molecular complexity index is 687. The minimum Gasteiger partial charge on any atom is -0.351 e. The van der Waals surface area contributed by atoms with Gasteiger partial charge in [-0.25, -0.2) is 4.68 Å². The molecule has 0 fully saturated rings. The molecule has 0 spiro atoms. The number of carbonyl (C=O) groups excluding carboxylic acids is 1. The molecule has 112 valence electrons. The van der Waals surface area contributed by atoms with Gasteiger partial charge in [-0.1, -0.05) is 0 Å². The number of rotatable bonds is 5. The molecule has 1 amide bonds. The Hall–Kier alpha value is -2.71. The van der Waals surface area contributed by atoms with Crippen LogP contribution in [-0.2, 0) is 6.67 Å². The normalized spacial score (nSPS) is 10.6. The van der Waals surface area contributed by atoms with Crippen LogP contribution in [0.4, 0.5) is 5.69 Å². The van der Waals surface area contributed by atoms with Crippen LogP contribution in [0.1, 0.15) is 28.8 Å². The van der Waals surface area contributed by atoms with Crippen molar-refractivity contribution >= 4 is 11.6 Å². The molecule has 0 aliphatic carbocycles. The van der Waals surface area contributed by atoms with Crippen LogP contribution in [0.5, 0.6) is 0 Å². The summed E-state index contributed by atoms with van der Waals surface area (Å²) in [6.07, 6.45) is 1.63. The number of nitrogens with zero attached hydrogens (tertiary/aromatic N) is 5. The van der Waals surface area contributed by atoms with E-state index in [1.54, 1.807) is 26.1 Å². The van der Waals surface area contributed by atoms with Crippen molar-refractivity contribution in [3.05, 3.63) is 39.5 Å². The van der Waals surface area contributed by atoms with Gasteiger partial charge in [-0.05, 0) is 26.8 Å². The highest BCUT2D eigenvalue weighted by Gasteiger charge is 2.22. The second-order valence-corrected chi connectivity index (χ2v) is 4.52. The van der Waals surface area contributed by atoms with Gasteiger partial charge in [-0.2, -0.15) is 10.2 Å². The number of aryl methyl sites for hydroxylation is 1. The molecule has 0 aromatic carbocycles. The summed E-state index contributed by atoms with van der Waals surface area (Å²) in [7, 11) is 0. The van der Waals surface area contributed by atoms with Gasteiger partial charge >= 0.3 is 5.69 Å². The zero-order chi connectivity index (χ0) is 15.6. The average molecular weight is 292 g/mol. The molecular formula is C12H16N6O3. The highest BCUT2D eigenvalue weighted by molar-refractivity contribution is 5.92. The van der Waals surface area contributed by atoms with Crippen LogP contribution in [-0.4, -0.2) is 36.9 Å². The first-order valence-corrected chi connectivity index (χ1v) is 6.44. The molecule has 1 N–H and O–H groups in total. The third-order valence-corrected chi connectivity index (χ3v) is 3.02. The van der Waals surface area contributed by atoms with Gasteiger partial charge in [-0.15, -0.1) is 0 Å². The zero-order valence-electron chi connectivity index (χ0n) is 12.0. The summed E-state index contributed by atoms with van der Waals surface area (Å²) in [4.78, 5) is 22.1.